The van der Waals surface area contributed by atoms with Crippen LogP contribution in [0.1, 0.15) is 58.3 Å². The first-order valence-electron chi connectivity index (χ1n) is 9.22. The minimum absolute atomic E-state index is 0.251. The number of cyclic esters (lactones) is 2. The fourth-order valence-electron chi connectivity index (χ4n) is 3.81. The van der Waals surface area contributed by atoms with E-state index in [2.05, 4.69) is 0 Å². The van der Waals surface area contributed by atoms with E-state index in [9.17, 15) is 19.8 Å². The molecule has 24 heavy (non-hydrogen) atoms. The molecule has 6 nitrogen and oxygen atoms in total. The van der Waals surface area contributed by atoms with Gasteiger partial charge in [0.05, 0.1) is 37.3 Å². The minimum Gasteiger partial charge on any atom is -0.465 e. The number of carbonyl (C=O) groups excluding carboxylic acids is 2. The Morgan fingerprint density at radius 1 is 0.958 bits per heavy atom. The molecular weight excluding hydrogens is 312 g/mol. The molecule has 0 aromatic carbocycles. The molecule has 0 saturated carbocycles. The lowest BCUT2D eigenvalue weighted by Gasteiger charge is -2.36. The van der Waals surface area contributed by atoms with Crippen LogP contribution in [0.15, 0.2) is 0 Å². The quantitative estimate of drug-likeness (QED) is 0.654. The van der Waals surface area contributed by atoms with E-state index >= 15 is 0 Å². The zero-order chi connectivity index (χ0) is 17.5. The first-order chi connectivity index (χ1) is 11.5. The standard InChI is InChI=1S/C18H30O6/c1-2-12(19)7-8-13(20)11-16(14-5-3-9-23-17(14)21)15-6-4-10-24-18(15)22/h12-16,19-20H,2-11H2,1H3. The second kappa shape index (κ2) is 9.37. The van der Waals surface area contributed by atoms with Crippen LogP contribution in [0.3, 0.4) is 0 Å². The van der Waals surface area contributed by atoms with Crippen molar-refractivity contribution in [2.24, 2.45) is 17.8 Å². The molecule has 2 fully saturated rings. The topological polar surface area (TPSA) is 93.1 Å². The molecule has 0 aromatic rings. The van der Waals surface area contributed by atoms with Crippen LogP contribution in [0.5, 0.6) is 0 Å². The van der Waals surface area contributed by atoms with Crippen LogP contribution >= 0.6 is 0 Å². The molecule has 2 N–H and O–H groups in total. The summed E-state index contributed by atoms with van der Waals surface area (Å²) in [6.07, 6.45) is 3.92. The van der Waals surface area contributed by atoms with Crippen molar-refractivity contribution in [1.82, 2.24) is 0 Å². The van der Waals surface area contributed by atoms with Crippen molar-refractivity contribution in [2.75, 3.05) is 13.2 Å². The van der Waals surface area contributed by atoms with E-state index in [1.807, 2.05) is 6.92 Å². The van der Waals surface area contributed by atoms with Gasteiger partial charge in [-0.1, -0.05) is 6.92 Å². The van der Waals surface area contributed by atoms with E-state index in [0.717, 1.165) is 12.8 Å². The van der Waals surface area contributed by atoms with Gasteiger partial charge in [0, 0.05) is 0 Å². The number of hydrogen-bond acceptors (Lipinski definition) is 6. The van der Waals surface area contributed by atoms with Crippen molar-refractivity contribution in [3.05, 3.63) is 0 Å². The highest BCUT2D eigenvalue weighted by Crippen LogP contribution is 2.37. The summed E-state index contributed by atoms with van der Waals surface area (Å²) in [5.74, 6) is -1.46. The van der Waals surface area contributed by atoms with Gasteiger partial charge in [0.1, 0.15) is 0 Å². The summed E-state index contributed by atoms with van der Waals surface area (Å²) < 4.78 is 10.4. The number of aliphatic hydroxyl groups excluding tert-OH is 2. The Bertz CT molecular complexity index is 396. The van der Waals surface area contributed by atoms with Crippen LogP contribution in [-0.2, 0) is 19.1 Å². The van der Waals surface area contributed by atoms with Gasteiger partial charge < -0.3 is 19.7 Å². The predicted octanol–water partition coefficient (Wildman–Crippen LogP) is 1.81. The zero-order valence-electron chi connectivity index (χ0n) is 14.5. The highest BCUT2D eigenvalue weighted by Gasteiger charge is 2.42. The molecule has 0 amide bonds. The van der Waals surface area contributed by atoms with E-state index in [1.165, 1.54) is 0 Å². The van der Waals surface area contributed by atoms with E-state index in [0.29, 0.717) is 51.7 Å². The maximum atomic E-state index is 12.2. The molecule has 2 heterocycles. The number of rotatable bonds is 8. The van der Waals surface area contributed by atoms with Crippen LogP contribution in [0, 0.1) is 17.8 Å². The normalized spacial score (nSPS) is 28.6. The van der Waals surface area contributed by atoms with Crippen molar-refractivity contribution in [1.29, 1.82) is 0 Å². The summed E-state index contributed by atoms with van der Waals surface area (Å²) in [7, 11) is 0. The first kappa shape index (κ1) is 19.2. The summed E-state index contributed by atoms with van der Waals surface area (Å²) in [6, 6.07) is 0. The molecule has 4 atom stereocenters. The highest BCUT2D eigenvalue weighted by molar-refractivity contribution is 5.77. The van der Waals surface area contributed by atoms with Gasteiger partial charge in [0.25, 0.3) is 0 Å². The van der Waals surface area contributed by atoms with Gasteiger partial charge >= 0.3 is 11.9 Å². The molecule has 0 aromatic heterocycles. The van der Waals surface area contributed by atoms with Crippen molar-refractivity contribution < 1.29 is 29.3 Å². The monoisotopic (exact) mass is 342 g/mol. The summed E-state index contributed by atoms with van der Waals surface area (Å²) in [5.41, 5.74) is 0. The van der Waals surface area contributed by atoms with Crippen molar-refractivity contribution >= 4 is 11.9 Å². The van der Waals surface area contributed by atoms with Gasteiger partial charge in [0.15, 0.2) is 0 Å². The van der Waals surface area contributed by atoms with Crippen LogP contribution in [0.25, 0.3) is 0 Å². The summed E-state index contributed by atoms with van der Waals surface area (Å²) in [4.78, 5) is 24.4. The fraction of sp³-hybridized carbons (Fsp3) is 0.889. The van der Waals surface area contributed by atoms with Crippen molar-refractivity contribution in [3.63, 3.8) is 0 Å². The van der Waals surface area contributed by atoms with Crippen LogP contribution < -0.4 is 0 Å². The van der Waals surface area contributed by atoms with Gasteiger partial charge in [-0.25, -0.2) is 0 Å². The lowest BCUT2D eigenvalue weighted by molar-refractivity contribution is -0.164. The van der Waals surface area contributed by atoms with Gasteiger partial charge in [-0.15, -0.1) is 0 Å². The van der Waals surface area contributed by atoms with Gasteiger partial charge in [0.2, 0.25) is 0 Å². The van der Waals surface area contributed by atoms with Crippen molar-refractivity contribution in [2.45, 2.75) is 70.5 Å². The Labute approximate surface area is 143 Å². The number of ether oxygens (including phenoxy) is 2. The maximum Gasteiger partial charge on any atom is 0.309 e. The minimum atomic E-state index is -0.638. The van der Waals surface area contributed by atoms with Crippen LogP contribution in [0.2, 0.25) is 0 Å². The van der Waals surface area contributed by atoms with Gasteiger partial charge in [-0.05, 0) is 57.3 Å². The Morgan fingerprint density at radius 2 is 1.46 bits per heavy atom. The van der Waals surface area contributed by atoms with Gasteiger partial charge in [-0.2, -0.15) is 0 Å². The molecular formula is C18H30O6. The molecule has 0 aliphatic carbocycles. The Balaban J connectivity index is 2.04. The van der Waals surface area contributed by atoms with Crippen molar-refractivity contribution in [3.8, 4) is 0 Å². The molecule has 0 spiro atoms. The Morgan fingerprint density at radius 3 is 1.92 bits per heavy atom. The zero-order valence-corrected chi connectivity index (χ0v) is 14.5. The molecule has 4 unspecified atom stereocenters. The number of esters is 2. The number of carbonyl (C=O) groups is 2. The molecule has 0 radical (unpaired) electrons. The number of hydrogen-bond donors (Lipinski definition) is 2. The third-order valence-electron chi connectivity index (χ3n) is 5.30. The first-order valence-corrected chi connectivity index (χ1v) is 9.22. The predicted molar refractivity (Wildman–Crippen MR) is 87.0 cm³/mol. The molecule has 2 rings (SSSR count). The summed E-state index contributed by atoms with van der Waals surface area (Å²) in [6.45, 7) is 2.76. The number of aliphatic hydroxyl groups is 2. The van der Waals surface area contributed by atoms with E-state index in [-0.39, 0.29) is 29.7 Å². The molecule has 2 saturated heterocycles. The SMILES string of the molecule is CCC(O)CCC(O)CC(C1CCCOC1=O)C1CCCOC1=O. The molecule has 6 heteroatoms. The molecule has 2 aliphatic heterocycles. The maximum absolute atomic E-state index is 12.2. The third kappa shape index (κ3) is 5.18. The van der Waals surface area contributed by atoms with Gasteiger partial charge in [-0.3, -0.25) is 9.59 Å². The van der Waals surface area contributed by atoms with E-state index in [4.69, 9.17) is 9.47 Å². The average Bonchev–Trinajstić information content (AvgIpc) is 2.59. The lowest BCUT2D eigenvalue weighted by atomic mass is 9.73. The lowest BCUT2D eigenvalue weighted by Crippen LogP contribution is -2.41. The average molecular weight is 342 g/mol. The van der Waals surface area contributed by atoms with E-state index < -0.39 is 12.2 Å². The summed E-state index contributed by atoms with van der Waals surface area (Å²) >= 11 is 0. The second-order valence-corrected chi connectivity index (χ2v) is 7.03. The second-order valence-electron chi connectivity index (χ2n) is 7.03. The summed E-state index contributed by atoms with van der Waals surface area (Å²) in [5, 5.41) is 20.0. The van der Waals surface area contributed by atoms with Crippen LogP contribution in [0.4, 0.5) is 0 Å². The highest BCUT2D eigenvalue weighted by atomic mass is 16.5. The third-order valence-corrected chi connectivity index (χ3v) is 5.30. The Kier molecular flexibility index (Phi) is 7.49. The molecule has 2 aliphatic rings. The van der Waals surface area contributed by atoms with E-state index in [1.54, 1.807) is 0 Å². The fourth-order valence-corrected chi connectivity index (χ4v) is 3.81. The molecule has 0 bridgehead atoms. The smallest absolute Gasteiger partial charge is 0.309 e. The molecule has 138 valence electrons. The largest absolute Gasteiger partial charge is 0.465 e. The Hall–Kier alpha value is -1.14. The van der Waals surface area contributed by atoms with Crippen LogP contribution in [-0.4, -0.2) is 47.6 Å².